The Bertz CT molecular complexity index is 813. The molecule has 0 saturated carbocycles. The summed E-state index contributed by atoms with van der Waals surface area (Å²) in [4.78, 5) is 6.62. The summed E-state index contributed by atoms with van der Waals surface area (Å²) in [5, 5.41) is 8.76. The highest BCUT2D eigenvalue weighted by Crippen LogP contribution is 2.28. The van der Waals surface area contributed by atoms with Crippen LogP contribution in [0.4, 0.5) is 0 Å². The number of rotatable bonds is 2. The van der Waals surface area contributed by atoms with E-state index in [4.69, 9.17) is 0 Å². The number of aromatic nitrogens is 3. The van der Waals surface area contributed by atoms with Crippen molar-refractivity contribution in [2.45, 2.75) is 0 Å². The minimum absolute atomic E-state index is 0.805. The number of hydrogen-bond acceptors (Lipinski definition) is 4. The molecule has 4 rings (SSSR count). The average Bonchev–Trinajstić information content (AvgIpc) is 3.15. The lowest BCUT2D eigenvalue weighted by Gasteiger charge is -1.97. The van der Waals surface area contributed by atoms with Gasteiger partial charge in [0, 0.05) is 10.9 Å². The van der Waals surface area contributed by atoms with Crippen molar-refractivity contribution in [3.8, 4) is 22.0 Å². The first-order valence-electron chi connectivity index (χ1n) is 5.85. The number of benzene rings is 1. The molecule has 0 atom stereocenters. The van der Waals surface area contributed by atoms with Crippen LogP contribution in [0.5, 0.6) is 0 Å². The Kier molecular flexibility index (Phi) is 2.46. The van der Waals surface area contributed by atoms with E-state index in [2.05, 4.69) is 27.6 Å². The molecule has 0 unspecified atom stereocenters. The van der Waals surface area contributed by atoms with E-state index in [-0.39, 0.29) is 0 Å². The summed E-state index contributed by atoms with van der Waals surface area (Å²) in [5.41, 5.74) is 2.26. The van der Waals surface area contributed by atoms with E-state index < -0.39 is 0 Å². The zero-order valence-electron chi connectivity index (χ0n) is 9.85. The molecular weight excluding hydrogens is 274 g/mol. The Hall–Kier alpha value is -1.98. The van der Waals surface area contributed by atoms with Crippen LogP contribution in [-0.2, 0) is 0 Å². The van der Waals surface area contributed by atoms with Gasteiger partial charge in [0.05, 0.1) is 10.6 Å². The van der Waals surface area contributed by atoms with E-state index in [0.29, 0.717) is 0 Å². The number of hydrogen-bond donors (Lipinski definition) is 0. The van der Waals surface area contributed by atoms with Gasteiger partial charge in [0.1, 0.15) is 0 Å². The molecule has 3 aromatic heterocycles. The van der Waals surface area contributed by atoms with Crippen LogP contribution < -0.4 is 0 Å². The van der Waals surface area contributed by atoms with Gasteiger partial charge in [-0.3, -0.25) is 0 Å². The normalized spacial score (nSPS) is 11.2. The Morgan fingerprint density at radius 2 is 1.84 bits per heavy atom. The molecule has 5 heteroatoms. The van der Waals surface area contributed by atoms with E-state index in [1.807, 2.05) is 40.2 Å². The molecule has 0 aliphatic heterocycles. The predicted molar refractivity (Wildman–Crippen MR) is 79.6 cm³/mol. The Balaban J connectivity index is 1.90. The van der Waals surface area contributed by atoms with Gasteiger partial charge in [-0.15, -0.1) is 27.8 Å². The van der Waals surface area contributed by atoms with Crippen LogP contribution in [0.3, 0.4) is 0 Å². The number of thiazole rings is 1. The fourth-order valence-corrected chi connectivity index (χ4v) is 3.48. The largest absolute Gasteiger partial charge is 0.213 e. The molecule has 0 radical (unpaired) electrons. The van der Waals surface area contributed by atoms with Crippen LogP contribution in [0.1, 0.15) is 0 Å². The summed E-state index contributed by atoms with van der Waals surface area (Å²) in [6, 6.07) is 14.3. The van der Waals surface area contributed by atoms with Crippen molar-refractivity contribution in [1.29, 1.82) is 0 Å². The van der Waals surface area contributed by atoms with Gasteiger partial charge in [-0.05, 0) is 11.4 Å². The van der Waals surface area contributed by atoms with Gasteiger partial charge in [0.2, 0.25) is 4.96 Å². The third-order valence-corrected chi connectivity index (χ3v) is 4.57. The number of nitrogens with zero attached hydrogens (tertiary/aromatic N) is 3. The summed E-state index contributed by atoms with van der Waals surface area (Å²) in [5.74, 6) is 0.805. The molecule has 1 aromatic carbocycles. The zero-order chi connectivity index (χ0) is 12.7. The van der Waals surface area contributed by atoms with E-state index in [0.717, 1.165) is 26.9 Å². The summed E-state index contributed by atoms with van der Waals surface area (Å²) in [6.45, 7) is 0. The molecule has 4 aromatic rings. The maximum absolute atomic E-state index is 4.62. The van der Waals surface area contributed by atoms with Crippen LogP contribution in [0.15, 0.2) is 53.2 Å². The van der Waals surface area contributed by atoms with Crippen molar-refractivity contribution < 1.29 is 0 Å². The predicted octanol–water partition coefficient (Wildman–Crippen LogP) is 4.19. The summed E-state index contributed by atoms with van der Waals surface area (Å²) in [7, 11) is 0. The van der Waals surface area contributed by atoms with Crippen LogP contribution in [0, 0.1) is 0 Å². The Labute approximate surface area is 117 Å². The molecule has 0 saturated heterocycles. The van der Waals surface area contributed by atoms with Gasteiger partial charge in [-0.1, -0.05) is 36.4 Å². The topological polar surface area (TPSA) is 30.2 Å². The molecule has 0 spiro atoms. The molecule has 0 amide bonds. The van der Waals surface area contributed by atoms with Crippen molar-refractivity contribution in [3.63, 3.8) is 0 Å². The second-order valence-electron chi connectivity index (χ2n) is 4.09. The summed E-state index contributed by atoms with van der Waals surface area (Å²) in [6.07, 6.45) is 0. The quantitative estimate of drug-likeness (QED) is 0.552. The van der Waals surface area contributed by atoms with Crippen molar-refractivity contribution in [2.75, 3.05) is 0 Å². The highest BCUT2D eigenvalue weighted by molar-refractivity contribution is 7.15. The first-order chi connectivity index (χ1) is 9.42. The third-order valence-electron chi connectivity index (χ3n) is 2.89. The molecule has 92 valence electrons. The molecule has 0 bridgehead atoms. The molecule has 0 N–H and O–H groups in total. The highest BCUT2D eigenvalue weighted by Gasteiger charge is 2.12. The number of fused-ring (bicyclic) bond motifs is 1. The van der Waals surface area contributed by atoms with Crippen LogP contribution in [0.25, 0.3) is 26.9 Å². The molecular formula is C14H9N3S2. The molecule has 0 aliphatic rings. The van der Waals surface area contributed by atoms with E-state index in [1.165, 1.54) is 0 Å². The van der Waals surface area contributed by atoms with E-state index >= 15 is 0 Å². The van der Waals surface area contributed by atoms with Crippen molar-refractivity contribution in [2.24, 2.45) is 0 Å². The minimum Gasteiger partial charge on any atom is -0.203 e. The Morgan fingerprint density at radius 3 is 2.63 bits per heavy atom. The van der Waals surface area contributed by atoms with E-state index in [1.54, 1.807) is 22.7 Å². The smallest absolute Gasteiger partial charge is 0.203 e. The number of thiophene rings is 1. The third kappa shape index (κ3) is 1.78. The van der Waals surface area contributed by atoms with Gasteiger partial charge >= 0.3 is 0 Å². The molecule has 0 aliphatic carbocycles. The molecule has 19 heavy (non-hydrogen) atoms. The van der Waals surface area contributed by atoms with E-state index in [9.17, 15) is 0 Å². The first kappa shape index (κ1) is 10.9. The SMILES string of the molecule is c1ccc(-c2csc3nc(-c4cccs4)nn23)cc1. The van der Waals surface area contributed by atoms with Crippen LogP contribution in [0.2, 0.25) is 0 Å². The van der Waals surface area contributed by atoms with Gasteiger partial charge in [-0.25, -0.2) is 4.52 Å². The van der Waals surface area contributed by atoms with Gasteiger partial charge in [0.25, 0.3) is 0 Å². The second-order valence-corrected chi connectivity index (χ2v) is 5.88. The maximum Gasteiger partial charge on any atom is 0.213 e. The highest BCUT2D eigenvalue weighted by atomic mass is 32.1. The molecule has 0 fully saturated rings. The monoisotopic (exact) mass is 283 g/mol. The first-order valence-corrected chi connectivity index (χ1v) is 7.61. The fourth-order valence-electron chi connectivity index (χ4n) is 2.00. The van der Waals surface area contributed by atoms with Crippen molar-refractivity contribution >= 4 is 27.6 Å². The zero-order valence-corrected chi connectivity index (χ0v) is 11.5. The summed E-state index contributed by atoms with van der Waals surface area (Å²) < 4.78 is 1.93. The average molecular weight is 283 g/mol. The second kappa shape index (κ2) is 4.29. The lowest BCUT2D eigenvalue weighted by Crippen LogP contribution is -1.88. The van der Waals surface area contributed by atoms with Crippen LogP contribution in [-0.4, -0.2) is 14.6 Å². The van der Waals surface area contributed by atoms with Gasteiger partial charge in [-0.2, -0.15) is 4.98 Å². The molecule has 3 nitrogen and oxygen atoms in total. The fraction of sp³-hybridized carbons (Fsp3) is 0. The molecule has 3 heterocycles. The maximum atomic E-state index is 4.62. The lowest BCUT2D eigenvalue weighted by atomic mass is 10.2. The lowest BCUT2D eigenvalue weighted by molar-refractivity contribution is 0.991. The van der Waals surface area contributed by atoms with Crippen LogP contribution >= 0.6 is 22.7 Å². The van der Waals surface area contributed by atoms with Crippen molar-refractivity contribution in [1.82, 2.24) is 14.6 Å². The summed E-state index contributed by atoms with van der Waals surface area (Å²) >= 11 is 3.28. The Morgan fingerprint density at radius 1 is 0.947 bits per heavy atom. The minimum atomic E-state index is 0.805. The van der Waals surface area contributed by atoms with Gasteiger partial charge < -0.3 is 0 Å². The van der Waals surface area contributed by atoms with Crippen molar-refractivity contribution in [3.05, 3.63) is 53.2 Å². The standard InChI is InChI=1S/C14H9N3S2/c1-2-5-10(6-3-1)11-9-19-14-15-13(16-17(11)14)12-7-4-8-18-12/h1-9H. The van der Waals surface area contributed by atoms with Gasteiger partial charge in [0.15, 0.2) is 5.82 Å².